The summed E-state index contributed by atoms with van der Waals surface area (Å²) in [5.41, 5.74) is 4.69. The molecule has 160 valence electrons. The van der Waals surface area contributed by atoms with Gasteiger partial charge in [-0.25, -0.2) is 19.7 Å². The lowest BCUT2D eigenvalue weighted by molar-refractivity contribution is 0.210. The molecule has 0 spiro atoms. The summed E-state index contributed by atoms with van der Waals surface area (Å²) in [6.07, 6.45) is 4.18. The average Bonchev–Trinajstić information content (AvgIpc) is 2.72. The first-order chi connectivity index (χ1) is 14.2. The lowest BCUT2D eigenvalue weighted by Gasteiger charge is -2.18. The Morgan fingerprint density at radius 1 is 0.633 bits per heavy atom. The molecule has 30 heavy (non-hydrogen) atoms. The number of hydrogen-bond acceptors (Lipinski definition) is 8. The molecule has 2 aromatic rings. The molecule has 1 aliphatic carbocycles. The van der Waals surface area contributed by atoms with Crippen LogP contribution in [0.15, 0.2) is 81.9 Å². The van der Waals surface area contributed by atoms with Crippen LogP contribution in [0.3, 0.4) is 0 Å². The Morgan fingerprint density at radius 2 is 0.967 bits per heavy atom. The van der Waals surface area contributed by atoms with Crippen molar-refractivity contribution in [2.45, 2.75) is 22.6 Å². The van der Waals surface area contributed by atoms with Gasteiger partial charge in [-0.15, -0.1) is 8.57 Å². The highest BCUT2D eigenvalue weighted by atomic mass is 32.2. The second kappa shape index (κ2) is 8.92. The minimum atomic E-state index is -4.26. The van der Waals surface area contributed by atoms with Crippen LogP contribution >= 0.6 is 0 Å². The van der Waals surface area contributed by atoms with Crippen molar-refractivity contribution in [2.24, 2.45) is 0 Å². The van der Waals surface area contributed by atoms with Gasteiger partial charge in [-0.1, -0.05) is 12.2 Å². The third kappa shape index (κ3) is 5.42. The zero-order valence-electron chi connectivity index (χ0n) is 15.2. The summed E-state index contributed by atoms with van der Waals surface area (Å²) in [5, 5.41) is 0. The fourth-order valence-electron chi connectivity index (χ4n) is 2.37. The largest absolute Gasteiger partial charge is 0.317 e. The van der Waals surface area contributed by atoms with Gasteiger partial charge >= 0.3 is 20.2 Å². The maximum atomic E-state index is 13.0. The van der Waals surface area contributed by atoms with Gasteiger partial charge in [0.05, 0.1) is 21.2 Å². The van der Waals surface area contributed by atoms with E-state index in [9.17, 15) is 25.6 Å². The first kappa shape index (κ1) is 21.9. The number of rotatable bonds is 8. The number of hydroxylamine groups is 2. The number of hydrogen-bond donors (Lipinski definition) is 2. The molecule has 0 radical (unpaired) electrons. The van der Waals surface area contributed by atoms with Crippen LogP contribution in [0.2, 0.25) is 0 Å². The summed E-state index contributed by atoms with van der Waals surface area (Å²) in [7, 11) is -8.52. The Bertz CT molecular complexity index is 1080. The Balaban J connectivity index is 1.66. The van der Waals surface area contributed by atoms with Crippen molar-refractivity contribution < 1.29 is 34.2 Å². The highest BCUT2D eigenvalue weighted by molar-refractivity contribution is 7.87. The monoisotopic (exact) mass is 458 g/mol. The Labute approximate surface area is 172 Å². The predicted octanol–water partition coefficient (Wildman–Crippen LogP) is 2.65. The van der Waals surface area contributed by atoms with E-state index in [4.69, 9.17) is 8.57 Å². The van der Waals surface area contributed by atoms with Crippen molar-refractivity contribution in [3.63, 3.8) is 0 Å². The van der Waals surface area contributed by atoms with Gasteiger partial charge in [-0.05, 0) is 61.4 Å². The van der Waals surface area contributed by atoms with E-state index in [0.29, 0.717) is 12.8 Å². The van der Waals surface area contributed by atoms with Gasteiger partial charge < -0.3 is 0 Å². The van der Waals surface area contributed by atoms with E-state index in [1.54, 1.807) is 12.2 Å². The van der Waals surface area contributed by atoms with Crippen LogP contribution in [0.1, 0.15) is 12.8 Å². The molecule has 0 bridgehead atoms. The van der Waals surface area contributed by atoms with Crippen LogP contribution in [-0.2, 0) is 28.8 Å². The van der Waals surface area contributed by atoms with Gasteiger partial charge in [0.25, 0.3) is 0 Å². The Hall–Kier alpha value is -2.80. The number of nitrogens with one attached hydrogen (secondary N) is 2. The molecule has 2 N–H and O–H groups in total. The summed E-state index contributed by atoms with van der Waals surface area (Å²) in [6.45, 7) is 0. The first-order valence-electron chi connectivity index (χ1n) is 8.48. The van der Waals surface area contributed by atoms with Crippen molar-refractivity contribution in [3.8, 4) is 0 Å². The van der Waals surface area contributed by atoms with Gasteiger partial charge in [0.15, 0.2) is 0 Å². The fourth-order valence-corrected chi connectivity index (χ4v) is 3.90. The van der Waals surface area contributed by atoms with E-state index in [-0.39, 0.29) is 21.2 Å². The van der Waals surface area contributed by atoms with Gasteiger partial charge in [0.2, 0.25) is 0 Å². The smallest absolute Gasteiger partial charge is 0.247 e. The zero-order chi connectivity index (χ0) is 21.8. The summed E-state index contributed by atoms with van der Waals surface area (Å²) in [6, 6.07) is 8.02. The van der Waals surface area contributed by atoms with Crippen LogP contribution in [-0.4, -0.2) is 16.8 Å². The van der Waals surface area contributed by atoms with Gasteiger partial charge in [-0.2, -0.15) is 16.8 Å². The molecular formula is C18H16F2N2O6S2. The lowest BCUT2D eigenvalue weighted by atomic mass is 10.1. The van der Waals surface area contributed by atoms with E-state index in [2.05, 4.69) is 11.0 Å². The molecule has 0 amide bonds. The molecule has 0 atom stereocenters. The van der Waals surface area contributed by atoms with Crippen LogP contribution in [0.5, 0.6) is 0 Å². The van der Waals surface area contributed by atoms with Crippen LogP contribution < -0.4 is 11.0 Å². The van der Waals surface area contributed by atoms with Crippen molar-refractivity contribution in [3.05, 3.63) is 83.7 Å². The fraction of sp³-hybridized carbons (Fsp3) is 0.111. The highest BCUT2D eigenvalue weighted by Crippen LogP contribution is 2.19. The molecule has 3 rings (SSSR count). The maximum absolute atomic E-state index is 13.0. The van der Waals surface area contributed by atoms with Crippen molar-refractivity contribution in [2.75, 3.05) is 0 Å². The molecule has 0 heterocycles. The summed E-state index contributed by atoms with van der Waals surface area (Å²) < 4.78 is 84.2. The third-order valence-corrected chi connectivity index (χ3v) is 6.19. The topological polar surface area (TPSA) is 111 Å². The van der Waals surface area contributed by atoms with Crippen molar-refractivity contribution in [1.82, 2.24) is 11.0 Å². The van der Waals surface area contributed by atoms with Crippen LogP contribution in [0.4, 0.5) is 8.78 Å². The quantitative estimate of drug-likeness (QED) is 0.581. The van der Waals surface area contributed by atoms with E-state index < -0.39 is 31.9 Å². The maximum Gasteiger partial charge on any atom is 0.317 e. The molecule has 8 nitrogen and oxygen atoms in total. The summed E-state index contributed by atoms with van der Waals surface area (Å²) >= 11 is 0. The van der Waals surface area contributed by atoms with E-state index >= 15 is 0 Å². The molecule has 0 saturated heterocycles. The summed E-state index contributed by atoms with van der Waals surface area (Å²) in [4.78, 5) is -0.553. The molecule has 0 aliphatic heterocycles. The van der Waals surface area contributed by atoms with E-state index in [1.165, 1.54) is 0 Å². The standard InChI is InChI=1S/C18H16F2N2O6S2/c19-13-5-9-15(10-6-13)29(23,24)27-21-17-3-1-2-4-18(17)22-28-30(25,26)16-11-7-14(20)8-12-16/h3-12,21-22H,1-2H2. The first-order valence-corrected chi connectivity index (χ1v) is 11.3. The molecule has 12 heteroatoms. The molecule has 0 fully saturated rings. The molecule has 0 aromatic heterocycles. The Kier molecular flexibility index (Phi) is 6.51. The minimum absolute atomic E-state index is 0.112. The second-order valence-electron chi connectivity index (χ2n) is 6.00. The van der Waals surface area contributed by atoms with Gasteiger partial charge in [-0.3, -0.25) is 0 Å². The molecule has 0 unspecified atom stereocenters. The van der Waals surface area contributed by atoms with E-state index in [0.717, 1.165) is 48.5 Å². The third-order valence-electron chi connectivity index (χ3n) is 3.88. The van der Waals surface area contributed by atoms with Crippen molar-refractivity contribution in [1.29, 1.82) is 0 Å². The number of allylic oxidation sites excluding steroid dienone is 2. The predicted molar refractivity (Wildman–Crippen MR) is 101 cm³/mol. The molecule has 2 aromatic carbocycles. The second-order valence-corrected chi connectivity index (χ2v) is 9.09. The van der Waals surface area contributed by atoms with Crippen molar-refractivity contribution >= 4 is 20.2 Å². The van der Waals surface area contributed by atoms with Gasteiger partial charge in [0, 0.05) is 0 Å². The number of halogens is 2. The normalized spacial score (nSPS) is 14.6. The lowest BCUT2D eigenvalue weighted by Crippen LogP contribution is -2.29. The zero-order valence-corrected chi connectivity index (χ0v) is 16.8. The Morgan fingerprint density at radius 3 is 1.30 bits per heavy atom. The molecular weight excluding hydrogens is 442 g/mol. The molecule has 1 aliphatic rings. The minimum Gasteiger partial charge on any atom is -0.247 e. The molecule has 0 saturated carbocycles. The van der Waals surface area contributed by atoms with Crippen LogP contribution in [0.25, 0.3) is 0 Å². The highest BCUT2D eigenvalue weighted by Gasteiger charge is 2.21. The van der Waals surface area contributed by atoms with Crippen LogP contribution in [0, 0.1) is 11.6 Å². The average molecular weight is 458 g/mol. The SMILES string of the molecule is O=S(=O)(ONC1=CCCC=C1NOS(=O)(=O)c1ccc(F)cc1)c1ccc(F)cc1. The van der Waals surface area contributed by atoms with Gasteiger partial charge in [0.1, 0.15) is 11.6 Å². The summed E-state index contributed by atoms with van der Waals surface area (Å²) in [5.74, 6) is -1.21. The number of benzene rings is 2. The van der Waals surface area contributed by atoms with E-state index in [1.807, 2.05) is 0 Å².